The van der Waals surface area contributed by atoms with Gasteiger partial charge in [0.25, 0.3) is 0 Å². The van der Waals surface area contributed by atoms with Crippen LogP contribution >= 0.6 is 11.8 Å². The summed E-state index contributed by atoms with van der Waals surface area (Å²) in [6.07, 6.45) is 2.09. The highest BCUT2D eigenvalue weighted by molar-refractivity contribution is 7.98. The van der Waals surface area contributed by atoms with Gasteiger partial charge in [-0.1, -0.05) is 24.3 Å². The highest BCUT2D eigenvalue weighted by atomic mass is 32.2. The lowest BCUT2D eigenvalue weighted by atomic mass is 10.1. The van der Waals surface area contributed by atoms with Crippen molar-refractivity contribution < 1.29 is 9.47 Å². The smallest absolute Gasteiger partial charge is 0.166 e. The molecule has 3 rings (SSSR count). The Kier molecular flexibility index (Phi) is 4.02. The van der Waals surface area contributed by atoms with Crippen molar-refractivity contribution in [2.24, 2.45) is 0 Å². The van der Waals surface area contributed by atoms with Gasteiger partial charge in [0.15, 0.2) is 11.5 Å². The van der Waals surface area contributed by atoms with Gasteiger partial charge in [-0.3, -0.25) is 0 Å². The monoisotopic (exact) mass is 287 g/mol. The van der Waals surface area contributed by atoms with Gasteiger partial charge in [0.05, 0.1) is 0 Å². The minimum Gasteiger partial charge on any atom is -0.486 e. The Morgan fingerprint density at radius 1 is 1.05 bits per heavy atom. The third kappa shape index (κ3) is 2.70. The second kappa shape index (κ2) is 6.09. The Bertz CT molecular complexity index is 601. The van der Waals surface area contributed by atoms with Crippen molar-refractivity contribution >= 4 is 17.4 Å². The summed E-state index contributed by atoms with van der Waals surface area (Å²) >= 11 is 1.74. The molecule has 0 aliphatic carbocycles. The average Bonchev–Trinajstić information content (AvgIpc) is 2.53. The van der Waals surface area contributed by atoms with Gasteiger partial charge in [-0.15, -0.1) is 11.8 Å². The number of para-hydroxylation sites is 2. The van der Waals surface area contributed by atoms with E-state index >= 15 is 0 Å². The van der Waals surface area contributed by atoms with E-state index in [2.05, 4.69) is 35.8 Å². The number of benzene rings is 2. The molecule has 0 saturated carbocycles. The Labute approximate surface area is 123 Å². The van der Waals surface area contributed by atoms with Crippen molar-refractivity contribution in [1.29, 1.82) is 0 Å². The minimum absolute atomic E-state index is 0.616. The van der Waals surface area contributed by atoms with Crippen LogP contribution in [0.4, 0.5) is 5.69 Å². The molecule has 1 N–H and O–H groups in total. The molecule has 104 valence electrons. The summed E-state index contributed by atoms with van der Waals surface area (Å²) in [6.45, 7) is 1.97. The predicted octanol–water partition coefficient (Wildman–Crippen LogP) is 3.79. The number of thioether (sulfide) groups is 1. The number of rotatable bonds is 4. The average molecular weight is 287 g/mol. The summed E-state index contributed by atoms with van der Waals surface area (Å²) in [6, 6.07) is 14.3. The molecule has 4 heteroatoms. The maximum Gasteiger partial charge on any atom is 0.166 e. The number of ether oxygens (including phenoxy) is 2. The molecule has 0 unspecified atom stereocenters. The first-order valence-electron chi connectivity index (χ1n) is 6.63. The van der Waals surface area contributed by atoms with Crippen LogP contribution in [0.25, 0.3) is 0 Å². The van der Waals surface area contributed by atoms with E-state index in [0.29, 0.717) is 13.2 Å². The Morgan fingerprint density at radius 3 is 2.80 bits per heavy atom. The first-order chi connectivity index (χ1) is 9.88. The molecule has 3 nitrogen and oxygen atoms in total. The maximum absolute atomic E-state index is 5.73. The number of fused-ring (bicyclic) bond motifs is 1. The molecule has 20 heavy (non-hydrogen) atoms. The van der Waals surface area contributed by atoms with Crippen molar-refractivity contribution in [1.82, 2.24) is 0 Å². The van der Waals surface area contributed by atoms with Crippen LogP contribution in [0, 0.1) is 0 Å². The lowest BCUT2D eigenvalue weighted by Crippen LogP contribution is -2.17. The van der Waals surface area contributed by atoms with Crippen LogP contribution in [0.3, 0.4) is 0 Å². The molecule has 1 aliphatic rings. The zero-order chi connectivity index (χ0) is 13.8. The highest BCUT2D eigenvalue weighted by Crippen LogP contribution is 2.34. The Balaban J connectivity index is 1.79. The highest BCUT2D eigenvalue weighted by Gasteiger charge is 2.15. The standard InChI is InChI=1S/C16H17NO2S/c1-20-15-8-3-2-6-13(15)17-11-12-5-4-7-14-16(12)19-10-9-18-14/h2-8,17H,9-11H2,1H3. The van der Waals surface area contributed by atoms with Gasteiger partial charge in [-0.05, 0) is 24.5 Å². The molecular formula is C16H17NO2S. The summed E-state index contributed by atoms with van der Waals surface area (Å²) in [5.74, 6) is 1.71. The summed E-state index contributed by atoms with van der Waals surface area (Å²) in [4.78, 5) is 1.24. The summed E-state index contributed by atoms with van der Waals surface area (Å²) in [5, 5.41) is 3.47. The van der Waals surface area contributed by atoms with Gasteiger partial charge in [0, 0.05) is 22.7 Å². The minimum atomic E-state index is 0.616. The second-order valence-corrected chi connectivity index (χ2v) is 5.34. The molecule has 0 fully saturated rings. The van der Waals surface area contributed by atoms with Crippen LogP contribution in [0.15, 0.2) is 47.4 Å². The number of hydrogen-bond acceptors (Lipinski definition) is 4. The lowest BCUT2D eigenvalue weighted by Gasteiger charge is -2.21. The summed E-state index contributed by atoms with van der Waals surface area (Å²) in [5.41, 5.74) is 2.27. The van der Waals surface area contributed by atoms with Crippen LogP contribution < -0.4 is 14.8 Å². The van der Waals surface area contributed by atoms with Crippen molar-refractivity contribution in [3.8, 4) is 11.5 Å². The van der Waals surface area contributed by atoms with Gasteiger partial charge in [-0.25, -0.2) is 0 Å². The van der Waals surface area contributed by atoms with E-state index in [0.717, 1.165) is 29.3 Å². The first kappa shape index (κ1) is 13.2. The van der Waals surface area contributed by atoms with Gasteiger partial charge >= 0.3 is 0 Å². The number of hydrogen-bond donors (Lipinski definition) is 1. The summed E-state index contributed by atoms with van der Waals surface area (Å²) < 4.78 is 11.3. The molecule has 0 spiro atoms. The second-order valence-electron chi connectivity index (χ2n) is 4.50. The normalized spacial score (nSPS) is 13.1. The predicted molar refractivity (Wildman–Crippen MR) is 83.0 cm³/mol. The third-order valence-electron chi connectivity index (χ3n) is 3.22. The number of anilines is 1. The molecule has 0 atom stereocenters. The van der Waals surface area contributed by atoms with E-state index in [1.54, 1.807) is 11.8 Å². The van der Waals surface area contributed by atoms with Crippen molar-refractivity contribution in [2.75, 3.05) is 24.8 Å². The molecule has 0 radical (unpaired) electrons. The lowest BCUT2D eigenvalue weighted by molar-refractivity contribution is 0.170. The zero-order valence-corrected chi connectivity index (χ0v) is 12.2. The van der Waals surface area contributed by atoms with Crippen LogP contribution in [-0.4, -0.2) is 19.5 Å². The van der Waals surface area contributed by atoms with Crippen molar-refractivity contribution in [3.63, 3.8) is 0 Å². The van der Waals surface area contributed by atoms with Gasteiger partial charge in [0.1, 0.15) is 13.2 Å². The van der Waals surface area contributed by atoms with Crippen LogP contribution in [0.1, 0.15) is 5.56 Å². The molecule has 2 aromatic carbocycles. The molecule has 0 saturated heterocycles. The fourth-order valence-corrected chi connectivity index (χ4v) is 2.83. The van der Waals surface area contributed by atoms with Crippen LogP contribution in [0.5, 0.6) is 11.5 Å². The zero-order valence-electron chi connectivity index (χ0n) is 11.4. The molecule has 0 bridgehead atoms. The van der Waals surface area contributed by atoms with Gasteiger partial charge < -0.3 is 14.8 Å². The van der Waals surface area contributed by atoms with E-state index in [-0.39, 0.29) is 0 Å². The third-order valence-corrected chi connectivity index (χ3v) is 4.02. The molecule has 1 aliphatic heterocycles. The first-order valence-corrected chi connectivity index (χ1v) is 7.85. The quantitative estimate of drug-likeness (QED) is 0.867. The maximum atomic E-state index is 5.73. The number of nitrogens with one attached hydrogen (secondary N) is 1. The molecule has 2 aromatic rings. The van der Waals surface area contributed by atoms with E-state index in [1.165, 1.54) is 4.90 Å². The van der Waals surface area contributed by atoms with Crippen molar-refractivity contribution in [3.05, 3.63) is 48.0 Å². The van der Waals surface area contributed by atoms with Crippen molar-refractivity contribution in [2.45, 2.75) is 11.4 Å². The van der Waals surface area contributed by atoms with E-state index in [4.69, 9.17) is 9.47 Å². The SMILES string of the molecule is CSc1ccccc1NCc1cccc2c1OCCO2. The van der Waals surface area contributed by atoms with Crippen LogP contribution in [0.2, 0.25) is 0 Å². The molecular weight excluding hydrogens is 270 g/mol. The van der Waals surface area contributed by atoms with Gasteiger partial charge in [0.2, 0.25) is 0 Å². The fraction of sp³-hybridized carbons (Fsp3) is 0.250. The van der Waals surface area contributed by atoms with E-state index < -0.39 is 0 Å². The molecule has 0 aromatic heterocycles. The topological polar surface area (TPSA) is 30.5 Å². The van der Waals surface area contributed by atoms with Crippen LogP contribution in [-0.2, 0) is 6.54 Å². The molecule has 1 heterocycles. The summed E-state index contributed by atoms with van der Waals surface area (Å²) in [7, 11) is 0. The Morgan fingerprint density at radius 2 is 1.90 bits per heavy atom. The van der Waals surface area contributed by atoms with E-state index in [9.17, 15) is 0 Å². The van der Waals surface area contributed by atoms with Gasteiger partial charge in [-0.2, -0.15) is 0 Å². The largest absolute Gasteiger partial charge is 0.486 e. The fourth-order valence-electron chi connectivity index (χ4n) is 2.25. The Hall–Kier alpha value is -1.81. The van der Waals surface area contributed by atoms with E-state index in [1.807, 2.05) is 18.2 Å². The molecule has 0 amide bonds.